The van der Waals surface area contributed by atoms with E-state index in [1.165, 1.54) is 7.11 Å². The standard InChI is InChI=1S/C14H16BrNO3/c1-9-4-5-11(10(15)8-9)16-12(17)14(6-3-7-14)13(18)19-2/h4-5,8H,3,6-7H2,1-2H3,(H,16,17). The summed E-state index contributed by atoms with van der Waals surface area (Å²) in [4.78, 5) is 24.1. The Hall–Kier alpha value is -1.36. The molecule has 0 bridgehead atoms. The maximum Gasteiger partial charge on any atom is 0.321 e. The first-order chi connectivity index (χ1) is 8.99. The Morgan fingerprint density at radius 3 is 2.53 bits per heavy atom. The second kappa shape index (κ2) is 5.33. The lowest BCUT2D eigenvalue weighted by molar-refractivity contribution is -0.163. The third-order valence-corrected chi connectivity index (χ3v) is 4.25. The number of methoxy groups -OCH3 is 1. The fourth-order valence-corrected chi connectivity index (χ4v) is 2.81. The maximum atomic E-state index is 12.3. The third-order valence-electron chi connectivity index (χ3n) is 3.59. The van der Waals surface area contributed by atoms with Crippen LogP contribution < -0.4 is 5.32 Å². The highest BCUT2D eigenvalue weighted by Gasteiger charge is 2.52. The molecule has 0 unspecified atom stereocenters. The molecule has 0 radical (unpaired) electrons. The minimum absolute atomic E-state index is 0.282. The first kappa shape index (κ1) is 14.1. The minimum Gasteiger partial charge on any atom is -0.468 e. The number of halogens is 1. The smallest absolute Gasteiger partial charge is 0.321 e. The summed E-state index contributed by atoms with van der Waals surface area (Å²) in [6, 6.07) is 5.65. The van der Waals surface area contributed by atoms with Gasteiger partial charge in [0, 0.05) is 4.47 Å². The highest BCUT2D eigenvalue weighted by atomic mass is 79.9. The van der Waals surface area contributed by atoms with E-state index in [0.717, 1.165) is 16.5 Å². The van der Waals surface area contributed by atoms with E-state index in [1.54, 1.807) is 0 Å². The molecule has 0 atom stereocenters. The summed E-state index contributed by atoms with van der Waals surface area (Å²) in [5.41, 5.74) is 0.765. The number of amides is 1. The van der Waals surface area contributed by atoms with Crippen molar-refractivity contribution in [3.05, 3.63) is 28.2 Å². The number of aryl methyl sites for hydroxylation is 1. The monoisotopic (exact) mass is 325 g/mol. The molecule has 0 aromatic heterocycles. The van der Waals surface area contributed by atoms with Crippen LogP contribution in [0.25, 0.3) is 0 Å². The number of nitrogens with one attached hydrogen (secondary N) is 1. The molecule has 102 valence electrons. The molecule has 2 rings (SSSR count). The number of ether oxygens (including phenoxy) is 1. The van der Waals surface area contributed by atoms with Gasteiger partial charge in [-0.3, -0.25) is 9.59 Å². The molecule has 19 heavy (non-hydrogen) atoms. The number of carbonyl (C=O) groups is 2. The van der Waals surface area contributed by atoms with Gasteiger partial charge in [0.15, 0.2) is 0 Å². The van der Waals surface area contributed by atoms with Gasteiger partial charge in [-0.1, -0.05) is 12.5 Å². The van der Waals surface area contributed by atoms with Crippen LogP contribution in [0.3, 0.4) is 0 Å². The van der Waals surface area contributed by atoms with Crippen LogP contribution in [-0.4, -0.2) is 19.0 Å². The van der Waals surface area contributed by atoms with Gasteiger partial charge in [-0.05, 0) is 53.4 Å². The van der Waals surface area contributed by atoms with Gasteiger partial charge in [-0.2, -0.15) is 0 Å². The van der Waals surface area contributed by atoms with E-state index in [4.69, 9.17) is 4.74 Å². The van der Waals surface area contributed by atoms with Crippen molar-refractivity contribution in [2.24, 2.45) is 5.41 Å². The molecule has 5 heteroatoms. The summed E-state index contributed by atoms with van der Waals surface area (Å²) >= 11 is 3.41. The molecule has 1 saturated carbocycles. The number of hydrogen-bond acceptors (Lipinski definition) is 3. The zero-order valence-corrected chi connectivity index (χ0v) is 12.5. The second-order valence-electron chi connectivity index (χ2n) is 4.86. The van der Waals surface area contributed by atoms with Crippen LogP contribution in [-0.2, 0) is 14.3 Å². The Morgan fingerprint density at radius 2 is 2.05 bits per heavy atom. The number of benzene rings is 1. The van der Waals surface area contributed by atoms with Gasteiger partial charge in [-0.15, -0.1) is 0 Å². The molecule has 1 fully saturated rings. The number of anilines is 1. The number of esters is 1. The first-order valence-electron chi connectivity index (χ1n) is 6.15. The molecular formula is C14H16BrNO3. The summed E-state index contributed by atoms with van der Waals surface area (Å²) < 4.78 is 5.56. The molecule has 1 aliphatic rings. The summed E-state index contributed by atoms with van der Waals surface area (Å²) in [6.07, 6.45) is 1.97. The van der Waals surface area contributed by atoms with Crippen LogP contribution in [0.1, 0.15) is 24.8 Å². The van der Waals surface area contributed by atoms with Gasteiger partial charge >= 0.3 is 5.97 Å². The molecule has 1 amide bonds. The average molecular weight is 326 g/mol. The van der Waals surface area contributed by atoms with Gasteiger partial charge in [0.25, 0.3) is 0 Å². The van der Waals surface area contributed by atoms with Gasteiger partial charge < -0.3 is 10.1 Å². The van der Waals surface area contributed by atoms with E-state index in [0.29, 0.717) is 18.5 Å². The van der Waals surface area contributed by atoms with Gasteiger partial charge in [0.2, 0.25) is 5.91 Å². The van der Waals surface area contributed by atoms with Gasteiger partial charge in [-0.25, -0.2) is 0 Å². The fourth-order valence-electron chi connectivity index (χ4n) is 2.21. The van der Waals surface area contributed by atoms with Crippen molar-refractivity contribution in [3.8, 4) is 0 Å². The van der Waals surface area contributed by atoms with Crippen LogP contribution in [0.2, 0.25) is 0 Å². The lowest BCUT2D eigenvalue weighted by Crippen LogP contribution is -2.48. The van der Waals surface area contributed by atoms with Crippen molar-refractivity contribution in [2.75, 3.05) is 12.4 Å². The van der Waals surface area contributed by atoms with Crippen LogP contribution >= 0.6 is 15.9 Å². The highest BCUT2D eigenvalue weighted by molar-refractivity contribution is 9.10. The Bertz CT molecular complexity index is 523. The maximum absolute atomic E-state index is 12.3. The van der Waals surface area contributed by atoms with Crippen LogP contribution in [0.4, 0.5) is 5.69 Å². The molecule has 0 heterocycles. The Labute approximate surface area is 120 Å². The van der Waals surface area contributed by atoms with Gasteiger partial charge in [0.05, 0.1) is 12.8 Å². The average Bonchev–Trinajstić information content (AvgIpc) is 2.31. The van der Waals surface area contributed by atoms with Crippen molar-refractivity contribution in [3.63, 3.8) is 0 Å². The molecule has 0 spiro atoms. The molecule has 1 aromatic carbocycles. The van der Waals surface area contributed by atoms with E-state index >= 15 is 0 Å². The highest BCUT2D eigenvalue weighted by Crippen LogP contribution is 2.43. The molecule has 0 saturated heterocycles. The number of hydrogen-bond donors (Lipinski definition) is 1. The quantitative estimate of drug-likeness (QED) is 0.686. The summed E-state index contributed by atoms with van der Waals surface area (Å²) in [5.74, 6) is -0.727. The number of carbonyl (C=O) groups excluding carboxylic acids is 2. The SMILES string of the molecule is COC(=O)C1(C(=O)Nc2ccc(C)cc2Br)CCC1. The van der Waals surface area contributed by atoms with Crippen LogP contribution in [0.15, 0.2) is 22.7 Å². The molecule has 1 N–H and O–H groups in total. The summed E-state index contributed by atoms with van der Waals surface area (Å²) in [7, 11) is 1.32. The lowest BCUT2D eigenvalue weighted by Gasteiger charge is -2.37. The Morgan fingerprint density at radius 1 is 1.37 bits per heavy atom. The normalized spacial score (nSPS) is 16.4. The van der Waals surface area contributed by atoms with Crippen molar-refractivity contribution in [1.29, 1.82) is 0 Å². The zero-order valence-electron chi connectivity index (χ0n) is 11.0. The topological polar surface area (TPSA) is 55.4 Å². The van der Waals surface area contributed by atoms with E-state index < -0.39 is 11.4 Å². The Balaban J connectivity index is 2.18. The molecular weight excluding hydrogens is 310 g/mol. The van der Waals surface area contributed by atoms with Crippen molar-refractivity contribution >= 4 is 33.5 Å². The third kappa shape index (κ3) is 2.52. The van der Waals surface area contributed by atoms with Crippen molar-refractivity contribution < 1.29 is 14.3 Å². The van der Waals surface area contributed by atoms with E-state index in [-0.39, 0.29) is 5.91 Å². The predicted molar refractivity (Wildman–Crippen MR) is 75.8 cm³/mol. The first-order valence-corrected chi connectivity index (χ1v) is 6.95. The summed E-state index contributed by atoms with van der Waals surface area (Å²) in [6.45, 7) is 1.97. The second-order valence-corrected chi connectivity index (χ2v) is 5.72. The molecule has 1 aromatic rings. The Kier molecular flexibility index (Phi) is 3.94. The fraction of sp³-hybridized carbons (Fsp3) is 0.429. The van der Waals surface area contributed by atoms with Crippen molar-refractivity contribution in [1.82, 2.24) is 0 Å². The van der Waals surface area contributed by atoms with Crippen molar-refractivity contribution in [2.45, 2.75) is 26.2 Å². The minimum atomic E-state index is -1.00. The summed E-state index contributed by atoms with van der Waals surface area (Å²) in [5, 5.41) is 2.81. The van der Waals surface area contributed by atoms with E-state index in [2.05, 4.69) is 21.2 Å². The van der Waals surface area contributed by atoms with E-state index in [1.807, 2.05) is 25.1 Å². The van der Waals surface area contributed by atoms with Crippen LogP contribution in [0, 0.1) is 12.3 Å². The lowest BCUT2D eigenvalue weighted by atomic mass is 9.68. The molecule has 4 nitrogen and oxygen atoms in total. The molecule has 0 aliphatic heterocycles. The van der Waals surface area contributed by atoms with E-state index in [9.17, 15) is 9.59 Å². The zero-order chi connectivity index (χ0) is 14.0. The van der Waals surface area contributed by atoms with Crippen LogP contribution in [0.5, 0.6) is 0 Å². The largest absolute Gasteiger partial charge is 0.468 e. The number of rotatable bonds is 3. The van der Waals surface area contributed by atoms with Gasteiger partial charge in [0.1, 0.15) is 5.41 Å². The predicted octanol–water partition coefficient (Wildman–Crippen LogP) is 3.04. The molecule has 1 aliphatic carbocycles.